The summed E-state index contributed by atoms with van der Waals surface area (Å²) >= 11 is 3.35. The zero-order chi connectivity index (χ0) is 53.4. The van der Waals surface area contributed by atoms with E-state index in [0.717, 1.165) is 43.6 Å². The van der Waals surface area contributed by atoms with Crippen molar-refractivity contribution in [2.75, 3.05) is 19.8 Å². The number of hydrogen-bond donors (Lipinski definition) is 3. The molecule has 0 bridgehead atoms. The van der Waals surface area contributed by atoms with Crippen LogP contribution in [0.2, 0.25) is 5.02 Å². The van der Waals surface area contributed by atoms with Crippen molar-refractivity contribution in [3.63, 3.8) is 0 Å². The van der Waals surface area contributed by atoms with Gasteiger partial charge in [0, 0.05) is 47.4 Å². The minimum atomic E-state index is -5.22. The van der Waals surface area contributed by atoms with Gasteiger partial charge in [-0.1, -0.05) is 23.6 Å². The molecule has 0 aliphatic heterocycles. The molecule has 2 aliphatic carbocycles. The molecule has 2 unspecified atom stereocenters. The smallest absolute Gasteiger partial charge is 0.435 e. The number of benzene rings is 2. The summed E-state index contributed by atoms with van der Waals surface area (Å²) in [5, 5.41) is 18.3. The Balaban J connectivity index is 1.45. The Bertz CT molecular complexity index is 3240. The van der Waals surface area contributed by atoms with E-state index in [9.17, 15) is 71.8 Å². The number of halogens is 11. The fourth-order valence-electron chi connectivity index (χ4n) is 8.18. The van der Waals surface area contributed by atoms with Crippen molar-refractivity contribution in [2.45, 2.75) is 81.3 Å². The van der Waals surface area contributed by atoms with Crippen LogP contribution in [0.15, 0.2) is 42.5 Å². The number of carbonyl (C=O) groups excluding carboxylic acids is 2. The summed E-state index contributed by atoms with van der Waals surface area (Å²) in [6.45, 7) is -2.81. The van der Waals surface area contributed by atoms with E-state index in [1.165, 1.54) is 19.9 Å². The normalized spacial score (nSPS) is 17.1. The molecule has 2 aliphatic rings. The molecule has 72 heavy (non-hydrogen) atoms. The number of nitrogens with one attached hydrogen (secondary N) is 1. The van der Waals surface area contributed by atoms with Crippen molar-refractivity contribution in [3.05, 3.63) is 98.7 Å². The van der Waals surface area contributed by atoms with E-state index in [1.807, 2.05) is 0 Å². The number of aromatic nitrogens is 5. The van der Waals surface area contributed by atoms with Gasteiger partial charge in [-0.15, -0.1) is 0 Å². The fraction of sp³-hybridized carbons (Fsp3) is 0.395. The Kier molecular flexibility index (Phi) is 14.1. The summed E-state index contributed by atoms with van der Waals surface area (Å²) in [4.78, 5) is 43.6. The number of nitrogens with zero attached hydrogens (tertiary/aromatic N) is 7. The summed E-state index contributed by atoms with van der Waals surface area (Å²) in [7, 11) is -2.96. The quantitative estimate of drug-likeness (QED) is 0.0568. The number of carbonyl (C=O) groups is 3. The van der Waals surface area contributed by atoms with Gasteiger partial charge in [-0.2, -0.15) is 45.3 Å². The van der Waals surface area contributed by atoms with Crippen LogP contribution in [0.5, 0.6) is 0 Å². The average Bonchev–Trinajstić information content (AvgIpc) is 3.76. The summed E-state index contributed by atoms with van der Waals surface area (Å²) < 4.78 is 193. The Labute approximate surface area is 408 Å². The van der Waals surface area contributed by atoms with Gasteiger partial charge in [-0.3, -0.25) is 23.5 Å². The third kappa shape index (κ3) is 10.9. The molecular weight excluding hydrogens is 1050 g/mol. The van der Waals surface area contributed by atoms with Gasteiger partial charge in [0.1, 0.15) is 47.4 Å². The van der Waals surface area contributed by atoms with E-state index < -0.39 is 163 Å². The molecular formula is C43H37ClF10N8O8S2. The number of alkyl halides is 8. The maximum absolute atomic E-state index is 15.6. The second-order valence-electron chi connectivity index (χ2n) is 17.4. The standard InChI is InChI=1S/C43H37ClF10N8O8S2/c1-40(2,72(4,69)70)10-9-23-5-6-24(25-7-8-28(44)34-30(57-61(36(25)34)19-41(47,48)49)16-62(71(67)68)32(64)18-59(3)39(65)66)35(55-23)29(13-20-11-21(45)14-22(46)12-20)56-31(63)17-60-38-33(37(58-60)43(52,53)54)26-15-27(26)42(38,50)51/h5-8,11-12,14,26-27,29H,13,15-19H2,1-4H3,(H,56,63)(H,65,66)(H,67,68)/t26-,27+,29?/m0/s1. The highest BCUT2D eigenvalue weighted by atomic mass is 35.5. The third-order valence-electron chi connectivity index (χ3n) is 11.9. The van der Waals surface area contributed by atoms with Crippen LogP contribution in [0, 0.1) is 29.4 Å². The zero-order valence-electron chi connectivity index (χ0n) is 37.5. The van der Waals surface area contributed by atoms with Gasteiger partial charge in [0.2, 0.25) is 5.91 Å². The van der Waals surface area contributed by atoms with Crippen molar-refractivity contribution < 1.29 is 80.6 Å². The van der Waals surface area contributed by atoms with E-state index in [0.29, 0.717) is 15.6 Å². The molecule has 0 saturated heterocycles. The summed E-state index contributed by atoms with van der Waals surface area (Å²) in [5.41, 5.74) is -6.20. The molecule has 0 radical (unpaired) electrons. The molecule has 3 heterocycles. The van der Waals surface area contributed by atoms with Crippen molar-refractivity contribution in [2.24, 2.45) is 5.92 Å². The van der Waals surface area contributed by atoms with Crippen molar-refractivity contribution in [1.29, 1.82) is 0 Å². The molecule has 29 heteroatoms. The summed E-state index contributed by atoms with van der Waals surface area (Å²) in [5.74, 6) is -6.38. The van der Waals surface area contributed by atoms with Gasteiger partial charge in [-0.25, -0.2) is 35.5 Å². The van der Waals surface area contributed by atoms with Crippen LogP contribution in [0.4, 0.5) is 48.7 Å². The first-order valence-electron chi connectivity index (χ1n) is 20.8. The van der Waals surface area contributed by atoms with Gasteiger partial charge >= 0.3 is 18.4 Å². The molecule has 7 rings (SSSR count). The predicted octanol–water partition coefficient (Wildman–Crippen LogP) is 7.37. The lowest BCUT2D eigenvalue weighted by Crippen LogP contribution is -2.41. The first-order chi connectivity index (χ1) is 33.2. The summed E-state index contributed by atoms with van der Waals surface area (Å²) in [6.07, 6.45) is -12.0. The van der Waals surface area contributed by atoms with E-state index in [-0.39, 0.29) is 42.8 Å². The van der Waals surface area contributed by atoms with Crippen LogP contribution in [0.25, 0.3) is 22.0 Å². The Morgan fingerprint density at radius 1 is 1.01 bits per heavy atom. The topological polar surface area (TPSA) is 210 Å². The highest BCUT2D eigenvalue weighted by Crippen LogP contribution is 2.68. The van der Waals surface area contributed by atoms with Gasteiger partial charge in [0.15, 0.2) is 15.5 Å². The first kappa shape index (κ1) is 53.5. The lowest BCUT2D eigenvalue weighted by molar-refractivity contribution is -0.143. The van der Waals surface area contributed by atoms with Crippen molar-refractivity contribution in [1.82, 2.24) is 39.1 Å². The molecule has 16 nitrogen and oxygen atoms in total. The van der Waals surface area contributed by atoms with E-state index in [2.05, 4.69) is 32.3 Å². The average molecular weight is 1080 g/mol. The lowest BCUT2D eigenvalue weighted by Gasteiger charge is -2.23. The second-order valence-corrected chi connectivity index (χ2v) is 21.3. The third-order valence-corrected chi connectivity index (χ3v) is 14.8. The molecule has 3 aromatic heterocycles. The highest BCUT2D eigenvalue weighted by Gasteiger charge is 2.68. The fourth-order valence-corrected chi connectivity index (χ4v) is 9.14. The Morgan fingerprint density at radius 2 is 1.65 bits per heavy atom. The molecule has 1 saturated carbocycles. The number of carboxylic acid groups (broad SMARTS) is 1. The predicted molar refractivity (Wildman–Crippen MR) is 235 cm³/mol. The minimum Gasteiger partial charge on any atom is -0.465 e. The van der Waals surface area contributed by atoms with Gasteiger partial charge in [0.05, 0.1) is 34.5 Å². The first-order valence-corrected chi connectivity index (χ1v) is 24.2. The van der Waals surface area contributed by atoms with E-state index in [4.69, 9.17) is 11.6 Å². The molecule has 386 valence electrons. The molecule has 4 atom stereocenters. The van der Waals surface area contributed by atoms with Crippen LogP contribution in [0.1, 0.15) is 71.8 Å². The SMILES string of the molecule is CN(CC(=O)N(Cc1nn(CC(F)(F)F)c2c(-c3ccc(C#CC(C)(C)S(C)(=O)=O)nc3C(Cc3cc(F)cc(F)c3)NC(=O)Cn3nc(C(F)(F)F)c4c3C(F)(F)[C@@H]3C[C@H]43)ccc(Cl)c12)S(=O)O)C(=O)O. The number of hydrogen-bond acceptors (Lipinski definition) is 9. The van der Waals surface area contributed by atoms with Crippen LogP contribution in [-0.4, -0.2) is 105 Å². The van der Waals surface area contributed by atoms with Gasteiger partial charge < -0.3 is 15.3 Å². The van der Waals surface area contributed by atoms with Crippen molar-refractivity contribution in [3.8, 4) is 23.0 Å². The monoisotopic (exact) mass is 1080 g/mol. The van der Waals surface area contributed by atoms with Gasteiger partial charge in [-0.05, 0) is 74.4 Å². The van der Waals surface area contributed by atoms with Crippen LogP contribution in [-0.2, 0) is 68.8 Å². The van der Waals surface area contributed by atoms with Crippen LogP contribution in [0.3, 0.4) is 0 Å². The zero-order valence-corrected chi connectivity index (χ0v) is 39.9. The molecule has 3 amide bonds. The van der Waals surface area contributed by atoms with Crippen molar-refractivity contribution >= 4 is 61.5 Å². The molecule has 1 fully saturated rings. The number of rotatable bonds is 14. The van der Waals surface area contributed by atoms with Crippen LogP contribution >= 0.6 is 11.6 Å². The Hall–Kier alpha value is -6.31. The second kappa shape index (κ2) is 18.9. The molecule has 3 N–H and O–H groups in total. The minimum absolute atomic E-state index is 0.176. The summed E-state index contributed by atoms with van der Waals surface area (Å²) in [6, 6.07) is 4.89. The van der Waals surface area contributed by atoms with Crippen LogP contribution < -0.4 is 5.32 Å². The lowest BCUT2D eigenvalue weighted by atomic mass is 9.93. The largest absolute Gasteiger partial charge is 0.465 e. The van der Waals surface area contributed by atoms with E-state index >= 15 is 8.78 Å². The highest BCUT2D eigenvalue weighted by molar-refractivity contribution is 7.92. The maximum atomic E-state index is 15.6. The van der Waals surface area contributed by atoms with Gasteiger partial charge in [0.25, 0.3) is 23.1 Å². The number of amides is 3. The number of fused-ring (bicyclic) bond motifs is 4. The van der Waals surface area contributed by atoms with E-state index in [1.54, 1.807) is 0 Å². The number of likely N-dealkylation sites (N-methyl/N-ethyl adjacent to an activating group) is 1. The Morgan fingerprint density at radius 3 is 2.24 bits per heavy atom. The maximum Gasteiger partial charge on any atom is 0.435 e. The number of sulfone groups is 1. The molecule has 5 aromatic rings. The molecule has 0 spiro atoms. The number of pyridine rings is 1. The molecule has 2 aromatic carbocycles.